The molecule has 2 rings (SSSR count). The van der Waals surface area contributed by atoms with E-state index in [4.69, 9.17) is 11.6 Å². The minimum Gasteiger partial charge on any atom is -0.281 e. The van der Waals surface area contributed by atoms with Crippen molar-refractivity contribution in [2.75, 3.05) is 0 Å². The zero-order chi connectivity index (χ0) is 13.8. The third-order valence-electron chi connectivity index (χ3n) is 3.31. The normalized spacial score (nSPS) is 12.2. The first-order chi connectivity index (χ1) is 9.06. The summed E-state index contributed by atoms with van der Waals surface area (Å²) >= 11 is 5.76. The molecule has 1 nitrogen and oxygen atoms in total. The van der Waals surface area contributed by atoms with Gasteiger partial charge in [0.2, 0.25) is 5.24 Å². The molecule has 0 aliphatic rings. The average molecular weight is 273 g/mol. The zero-order valence-corrected chi connectivity index (χ0v) is 11.9. The van der Waals surface area contributed by atoms with Gasteiger partial charge in [-0.3, -0.25) is 4.79 Å². The summed E-state index contributed by atoms with van der Waals surface area (Å²) in [6.45, 7) is 4.08. The summed E-state index contributed by atoms with van der Waals surface area (Å²) < 4.78 is 0. The lowest BCUT2D eigenvalue weighted by Crippen LogP contribution is -2.10. The van der Waals surface area contributed by atoms with E-state index in [2.05, 4.69) is 24.3 Å². The highest BCUT2D eigenvalue weighted by atomic mass is 35.5. The maximum absolute atomic E-state index is 11.7. The second-order valence-electron chi connectivity index (χ2n) is 4.96. The number of hydrogen-bond acceptors (Lipinski definition) is 1. The Bertz CT molecular complexity index is 555. The van der Waals surface area contributed by atoms with Crippen LogP contribution in [0.4, 0.5) is 0 Å². The van der Waals surface area contributed by atoms with Crippen LogP contribution < -0.4 is 0 Å². The topological polar surface area (TPSA) is 17.1 Å². The van der Waals surface area contributed by atoms with Crippen LogP contribution in [0.2, 0.25) is 0 Å². The van der Waals surface area contributed by atoms with Crippen LogP contribution >= 0.6 is 11.6 Å². The maximum atomic E-state index is 11.7. The molecule has 0 heterocycles. The van der Waals surface area contributed by atoms with Crippen LogP contribution in [0.1, 0.15) is 28.2 Å². The molecule has 0 bridgehead atoms. The van der Waals surface area contributed by atoms with Crippen molar-refractivity contribution >= 4 is 16.8 Å². The largest absolute Gasteiger partial charge is 0.281 e. The Hall–Kier alpha value is -1.60. The van der Waals surface area contributed by atoms with Crippen LogP contribution in [-0.4, -0.2) is 5.24 Å². The minimum absolute atomic E-state index is 0.273. The fourth-order valence-corrected chi connectivity index (χ4v) is 2.29. The molecule has 19 heavy (non-hydrogen) atoms. The number of rotatable bonds is 4. The summed E-state index contributed by atoms with van der Waals surface area (Å²) in [5.41, 5.74) is 4.50. The molecule has 2 heteroatoms. The highest BCUT2D eigenvalue weighted by molar-refractivity contribution is 6.64. The van der Waals surface area contributed by atoms with Gasteiger partial charge in [0, 0.05) is 0 Å². The van der Waals surface area contributed by atoms with Gasteiger partial charge in [-0.15, -0.1) is 0 Å². The van der Waals surface area contributed by atoms with Gasteiger partial charge in [-0.2, -0.15) is 0 Å². The molecule has 0 aliphatic heterocycles. The van der Waals surface area contributed by atoms with Crippen molar-refractivity contribution in [3.8, 4) is 0 Å². The molecule has 2 aromatic rings. The lowest BCUT2D eigenvalue weighted by molar-refractivity contribution is -0.113. The van der Waals surface area contributed by atoms with Gasteiger partial charge in [0.05, 0.1) is 5.92 Å². The summed E-state index contributed by atoms with van der Waals surface area (Å²) in [7, 11) is 0. The first-order valence-corrected chi connectivity index (χ1v) is 6.75. The summed E-state index contributed by atoms with van der Waals surface area (Å²) in [6.07, 6.45) is 0.645. The summed E-state index contributed by atoms with van der Waals surface area (Å²) in [5.74, 6) is -0.273. The van der Waals surface area contributed by atoms with Gasteiger partial charge < -0.3 is 0 Å². The Morgan fingerprint density at radius 2 is 1.42 bits per heavy atom. The first-order valence-electron chi connectivity index (χ1n) is 6.37. The molecule has 0 spiro atoms. The van der Waals surface area contributed by atoms with Crippen LogP contribution in [-0.2, 0) is 11.2 Å². The second kappa shape index (κ2) is 6.03. The molecule has 0 N–H and O–H groups in total. The van der Waals surface area contributed by atoms with Gasteiger partial charge >= 0.3 is 0 Å². The molecule has 0 aliphatic carbocycles. The number of hydrogen-bond donors (Lipinski definition) is 0. The van der Waals surface area contributed by atoms with E-state index in [1.54, 1.807) is 0 Å². The van der Waals surface area contributed by atoms with E-state index in [9.17, 15) is 4.79 Å². The van der Waals surface area contributed by atoms with Crippen molar-refractivity contribution < 1.29 is 4.79 Å². The molecule has 0 radical (unpaired) electrons. The highest BCUT2D eigenvalue weighted by Crippen LogP contribution is 2.24. The number of halogens is 1. The predicted molar refractivity (Wildman–Crippen MR) is 79.7 cm³/mol. The second-order valence-corrected chi connectivity index (χ2v) is 5.33. The van der Waals surface area contributed by atoms with Crippen LogP contribution in [0.5, 0.6) is 0 Å². The Balaban J connectivity index is 2.23. The SMILES string of the molecule is Cc1ccc(CC(C(=O)Cl)c2ccc(C)cc2)cc1. The molecular weight excluding hydrogens is 256 g/mol. The quantitative estimate of drug-likeness (QED) is 0.754. The van der Waals surface area contributed by atoms with E-state index >= 15 is 0 Å². The summed E-state index contributed by atoms with van der Waals surface area (Å²) in [5, 5.41) is -0.301. The summed E-state index contributed by atoms with van der Waals surface area (Å²) in [4.78, 5) is 11.7. The van der Waals surface area contributed by atoms with Gasteiger partial charge in [-0.05, 0) is 43.0 Å². The van der Waals surface area contributed by atoms with Gasteiger partial charge in [0.15, 0.2) is 0 Å². The molecule has 1 unspecified atom stereocenters. The first kappa shape index (κ1) is 13.8. The molecule has 0 aromatic heterocycles. The maximum Gasteiger partial charge on any atom is 0.229 e. The van der Waals surface area contributed by atoms with Crippen molar-refractivity contribution in [2.24, 2.45) is 0 Å². The number of benzene rings is 2. The third kappa shape index (κ3) is 3.68. The van der Waals surface area contributed by atoms with Crippen molar-refractivity contribution in [2.45, 2.75) is 26.2 Å². The molecule has 0 amide bonds. The number of aryl methyl sites for hydroxylation is 2. The van der Waals surface area contributed by atoms with Crippen molar-refractivity contribution in [1.29, 1.82) is 0 Å². The minimum atomic E-state index is -0.301. The Morgan fingerprint density at radius 3 is 1.89 bits per heavy atom. The van der Waals surface area contributed by atoms with E-state index < -0.39 is 0 Å². The molecule has 98 valence electrons. The van der Waals surface area contributed by atoms with Crippen LogP contribution in [0.3, 0.4) is 0 Å². The molecular formula is C17H17ClO. The van der Waals surface area contributed by atoms with E-state index in [1.807, 2.05) is 38.1 Å². The Morgan fingerprint density at radius 1 is 0.947 bits per heavy atom. The van der Waals surface area contributed by atoms with Crippen molar-refractivity contribution in [3.05, 3.63) is 70.8 Å². The van der Waals surface area contributed by atoms with Gasteiger partial charge in [-0.1, -0.05) is 59.7 Å². The van der Waals surface area contributed by atoms with Gasteiger partial charge in [0.25, 0.3) is 0 Å². The third-order valence-corrected chi connectivity index (χ3v) is 3.58. The Labute approximate surface area is 119 Å². The zero-order valence-electron chi connectivity index (χ0n) is 11.2. The van der Waals surface area contributed by atoms with Crippen LogP contribution in [0.15, 0.2) is 48.5 Å². The van der Waals surface area contributed by atoms with E-state index in [-0.39, 0.29) is 11.2 Å². The van der Waals surface area contributed by atoms with E-state index in [0.29, 0.717) is 6.42 Å². The fraction of sp³-hybridized carbons (Fsp3) is 0.235. The lowest BCUT2D eigenvalue weighted by atomic mass is 9.92. The highest BCUT2D eigenvalue weighted by Gasteiger charge is 2.19. The molecule has 0 fully saturated rings. The standard InChI is InChI=1S/C17H17ClO/c1-12-3-7-14(8-4-12)11-16(17(18)19)15-9-5-13(2)6-10-15/h3-10,16H,11H2,1-2H3. The average Bonchev–Trinajstić information content (AvgIpc) is 2.39. The lowest BCUT2D eigenvalue weighted by Gasteiger charge is -2.13. The van der Waals surface area contributed by atoms with E-state index in [0.717, 1.165) is 11.1 Å². The number of carbonyl (C=O) groups is 1. The van der Waals surface area contributed by atoms with Crippen LogP contribution in [0, 0.1) is 13.8 Å². The predicted octanol–water partition coefficient (Wildman–Crippen LogP) is 4.40. The van der Waals surface area contributed by atoms with Gasteiger partial charge in [0.1, 0.15) is 0 Å². The van der Waals surface area contributed by atoms with Gasteiger partial charge in [-0.25, -0.2) is 0 Å². The van der Waals surface area contributed by atoms with Crippen LogP contribution in [0.25, 0.3) is 0 Å². The van der Waals surface area contributed by atoms with E-state index in [1.165, 1.54) is 11.1 Å². The smallest absolute Gasteiger partial charge is 0.229 e. The molecule has 0 saturated carbocycles. The molecule has 0 saturated heterocycles. The van der Waals surface area contributed by atoms with Crippen molar-refractivity contribution in [1.82, 2.24) is 0 Å². The summed E-state index contributed by atoms with van der Waals surface area (Å²) in [6, 6.07) is 16.2. The van der Waals surface area contributed by atoms with Crippen molar-refractivity contribution in [3.63, 3.8) is 0 Å². The Kier molecular flexibility index (Phi) is 4.39. The molecule has 1 atom stereocenters. The fourth-order valence-electron chi connectivity index (χ4n) is 2.09. The molecule has 2 aromatic carbocycles. The number of carbonyl (C=O) groups excluding carboxylic acids is 1. The monoisotopic (exact) mass is 272 g/mol.